The van der Waals surface area contributed by atoms with Gasteiger partial charge in [-0.2, -0.15) is 0 Å². The number of ether oxygens (including phenoxy) is 1. The highest BCUT2D eigenvalue weighted by Crippen LogP contribution is 2.36. The van der Waals surface area contributed by atoms with Crippen LogP contribution in [0.3, 0.4) is 0 Å². The second-order valence-corrected chi connectivity index (χ2v) is 11.2. The molecule has 2 aromatic heterocycles. The van der Waals surface area contributed by atoms with E-state index >= 15 is 4.39 Å². The fraction of sp³-hybridized carbons (Fsp3) is 0.577. The van der Waals surface area contributed by atoms with Gasteiger partial charge in [0, 0.05) is 50.4 Å². The van der Waals surface area contributed by atoms with E-state index in [-0.39, 0.29) is 30.8 Å². The molecule has 204 valence electrons. The number of aliphatic hydroxyl groups is 2. The summed E-state index contributed by atoms with van der Waals surface area (Å²) in [5.41, 5.74) is 1.90. The molecule has 0 radical (unpaired) electrons. The Balaban J connectivity index is 1.36. The number of hydrogen-bond acceptors (Lipinski definition) is 9. The molecule has 0 saturated carbocycles. The van der Waals surface area contributed by atoms with Crippen LogP contribution >= 0.6 is 11.6 Å². The number of halogens is 2. The largest absolute Gasteiger partial charge is 0.392 e. The van der Waals surface area contributed by atoms with E-state index in [1.165, 1.54) is 12.3 Å². The van der Waals surface area contributed by atoms with Gasteiger partial charge in [0.15, 0.2) is 5.82 Å². The van der Waals surface area contributed by atoms with Crippen LogP contribution in [0, 0.1) is 5.82 Å². The lowest BCUT2D eigenvalue weighted by atomic mass is 10.1. The van der Waals surface area contributed by atoms with Crippen LogP contribution in [0.4, 0.5) is 16.3 Å². The zero-order valence-corrected chi connectivity index (χ0v) is 22.3. The quantitative estimate of drug-likeness (QED) is 0.445. The number of anilines is 2. The summed E-state index contributed by atoms with van der Waals surface area (Å²) < 4.78 is 23.0. The molecule has 0 spiro atoms. The Bertz CT molecular complexity index is 1340. The minimum Gasteiger partial charge on any atom is -0.392 e. The molecule has 4 atom stereocenters. The van der Waals surface area contributed by atoms with Crippen LogP contribution in [0.25, 0.3) is 22.3 Å². The van der Waals surface area contributed by atoms with Gasteiger partial charge in [-0.15, -0.1) is 0 Å². The van der Waals surface area contributed by atoms with Gasteiger partial charge < -0.3 is 29.7 Å². The lowest BCUT2D eigenvalue weighted by molar-refractivity contribution is -0.0136. The topological polar surface area (TPSA) is 112 Å². The molecule has 1 aromatic carbocycles. The Morgan fingerprint density at radius 1 is 1.18 bits per heavy atom. The fourth-order valence-corrected chi connectivity index (χ4v) is 6.10. The van der Waals surface area contributed by atoms with E-state index in [0.29, 0.717) is 52.8 Å². The predicted molar refractivity (Wildman–Crippen MR) is 143 cm³/mol. The highest BCUT2D eigenvalue weighted by molar-refractivity contribution is 6.33. The fourth-order valence-electron chi connectivity index (χ4n) is 5.90. The first-order valence-corrected chi connectivity index (χ1v) is 13.6. The minimum absolute atomic E-state index is 0.0324. The number of nitrogens with zero attached hydrogens (tertiary/aromatic N) is 6. The van der Waals surface area contributed by atoms with Crippen molar-refractivity contribution in [2.75, 3.05) is 49.6 Å². The molecule has 12 heteroatoms. The van der Waals surface area contributed by atoms with Crippen molar-refractivity contribution in [1.29, 1.82) is 0 Å². The first-order valence-electron chi connectivity index (χ1n) is 13.2. The molecule has 3 N–H and O–H groups in total. The first-order chi connectivity index (χ1) is 18.3. The van der Waals surface area contributed by atoms with Gasteiger partial charge in [-0.25, -0.2) is 19.3 Å². The van der Waals surface area contributed by atoms with Crippen LogP contribution < -0.4 is 10.2 Å². The summed E-state index contributed by atoms with van der Waals surface area (Å²) in [7, 11) is 0. The molecular weight excluding hydrogens is 513 g/mol. The van der Waals surface area contributed by atoms with Gasteiger partial charge in [-0.3, -0.25) is 4.90 Å². The summed E-state index contributed by atoms with van der Waals surface area (Å²) >= 11 is 6.50. The van der Waals surface area contributed by atoms with Gasteiger partial charge in [0.2, 0.25) is 11.9 Å². The maximum atomic E-state index is 15.6. The highest BCUT2D eigenvalue weighted by atomic mass is 35.5. The monoisotopic (exact) mass is 545 g/mol. The molecule has 3 aliphatic rings. The SMILES string of the molecule is CC(C)n1c(N2CCN3C[C@@H](O)C[C@@H]3C2)nc2c(F)cc(-c3nc(N[C@H]4CCOC[C@H]4O)ncc3Cl)cc21. The molecule has 5 heterocycles. The third kappa shape index (κ3) is 4.71. The third-order valence-corrected chi connectivity index (χ3v) is 8.06. The molecule has 3 aliphatic heterocycles. The normalized spacial score (nSPS) is 26.3. The molecule has 0 bridgehead atoms. The molecular formula is C26H33ClFN7O3. The second-order valence-electron chi connectivity index (χ2n) is 10.8. The van der Waals surface area contributed by atoms with E-state index in [1.54, 1.807) is 0 Å². The zero-order valence-electron chi connectivity index (χ0n) is 21.5. The van der Waals surface area contributed by atoms with Crippen molar-refractivity contribution in [3.05, 3.63) is 29.2 Å². The zero-order chi connectivity index (χ0) is 26.6. The smallest absolute Gasteiger partial charge is 0.223 e. The van der Waals surface area contributed by atoms with Gasteiger partial charge in [0.25, 0.3) is 0 Å². The number of fused-ring (bicyclic) bond motifs is 2. The summed E-state index contributed by atoms with van der Waals surface area (Å²) in [5, 5.41) is 23.8. The Hall–Kier alpha value is -2.57. The number of benzene rings is 1. The van der Waals surface area contributed by atoms with Crippen LogP contribution in [0.1, 0.15) is 32.7 Å². The average Bonchev–Trinajstić information content (AvgIpc) is 3.46. The number of nitrogens with one attached hydrogen (secondary N) is 1. The van der Waals surface area contributed by atoms with Crippen molar-refractivity contribution in [3.63, 3.8) is 0 Å². The molecule has 6 rings (SSSR count). The van der Waals surface area contributed by atoms with E-state index in [4.69, 9.17) is 21.3 Å². The summed E-state index contributed by atoms with van der Waals surface area (Å²) in [6.45, 7) is 7.96. The van der Waals surface area contributed by atoms with Crippen LogP contribution in [0.5, 0.6) is 0 Å². The van der Waals surface area contributed by atoms with Crippen LogP contribution in [-0.4, -0.2) is 98.3 Å². The number of hydrogen-bond donors (Lipinski definition) is 3. The van der Waals surface area contributed by atoms with Gasteiger partial charge in [0.1, 0.15) is 5.52 Å². The van der Waals surface area contributed by atoms with Crippen LogP contribution in [0.15, 0.2) is 18.3 Å². The first kappa shape index (κ1) is 25.7. The van der Waals surface area contributed by atoms with Gasteiger partial charge in [0.05, 0.1) is 47.3 Å². The number of aliphatic hydroxyl groups excluding tert-OH is 2. The summed E-state index contributed by atoms with van der Waals surface area (Å²) in [6, 6.07) is 3.34. The number of imidazole rings is 1. The second kappa shape index (κ2) is 10.2. The van der Waals surface area contributed by atoms with Gasteiger partial charge in [-0.1, -0.05) is 11.6 Å². The minimum atomic E-state index is -0.673. The number of aromatic nitrogens is 4. The third-order valence-electron chi connectivity index (χ3n) is 7.78. The summed E-state index contributed by atoms with van der Waals surface area (Å²) in [5.74, 6) is 0.597. The predicted octanol–water partition coefficient (Wildman–Crippen LogP) is 2.68. The van der Waals surface area contributed by atoms with E-state index < -0.39 is 11.9 Å². The molecule has 38 heavy (non-hydrogen) atoms. The molecule has 0 amide bonds. The molecule has 3 aromatic rings. The van der Waals surface area contributed by atoms with Crippen molar-refractivity contribution in [1.82, 2.24) is 24.4 Å². The Morgan fingerprint density at radius 2 is 2.03 bits per heavy atom. The molecule has 3 saturated heterocycles. The average molecular weight is 546 g/mol. The maximum Gasteiger partial charge on any atom is 0.223 e. The van der Waals surface area contributed by atoms with Crippen LogP contribution in [0.2, 0.25) is 5.02 Å². The summed E-state index contributed by atoms with van der Waals surface area (Å²) in [6.07, 6.45) is 1.88. The standard InChI is InChI=1S/C26H33ClFN7O3/c1-14(2)35-21-8-15(23-18(27)10-29-25(31-23)30-20-3-6-38-13-22(20)37)7-19(28)24(21)32-26(35)34-5-4-33-12-17(36)9-16(33)11-34/h7-8,10,14,16-17,20,22,36-37H,3-6,9,11-13H2,1-2H3,(H,29,30,31)/t16-,17+,20+,22-/m1/s1. The molecule has 0 aliphatic carbocycles. The number of rotatable bonds is 5. The van der Waals surface area contributed by atoms with E-state index in [0.717, 1.165) is 32.0 Å². The molecule has 0 unspecified atom stereocenters. The Kier molecular flexibility index (Phi) is 6.89. The number of piperazine rings is 1. The lowest BCUT2D eigenvalue weighted by Gasteiger charge is -2.38. The van der Waals surface area contributed by atoms with Crippen molar-refractivity contribution < 1.29 is 19.3 Å². The van der Waals surface area contributed by atoms with Crippen molar-refractivity contribution in [2.45, 2.75) is 57.0 Å². The van der Waals surface area contributed by atoms with Gasteiger partial charge >= 0.3 is 0 Å². The van der Waals surface area contributed by atoms with Crippen molar-refractivity contribution >= 4 is 34.5 Å². The highest BCUT2D eigenvalue weighted by Gasteiger charge is 2.37. The van der Waals surface area contributed by atoms with Crippen LogP contribution in [-0.2, 0) is 4.74 Å². The maximum absolute atomic E-state index is 15.6. The Labute approximate surface area is 225 Å². The molecule has 10 nitrogen and oxygen atoms in total. The van der Waals surface area contributed by atoms with Crippen molar-refractivity contribution in [2.24, 2.45) is 0 Å². The molecule has 3 fully saturated rings. The van der Waals surface area contributed by atoms with Crippen molar-refractivity contribution in [3.8, 4) is 11.3 Å². The summed E-state index contributed by atoms with van der Waals surface area (Å²) in [4.78, 5) is 18.2. The lowest BCUT2D eigenvalue weighted by Crippen LogP contribution is -2.51. The van der Waals surface area contributed by atoms with E-state index in [2.05, 4.69) is 43.5 Å². The Morgan fingerprint density at radius 3 is 2.82 bits per heavy atom. The van der Waals surface area contributed by atoms with E-state index in [9.17, 15) is 10.2 Å². The van der Waals surface area contributed by atoms with Gasteiger partial charge in [-0.05, 0) is 38.8 Å². The van der Waals surface area contributed by atoms with E-state index in [1.807, 2.05) is 6.07 Å².